The van der Waals surface area contributed by atoms with E-state index in [2.05, 4.69) is 54.8 Å². The van der Waals surface area contributed by atoms with Gasteiger partial charge >= 0.3 is 0 Å². The molecule has 10 rings (SSSR count). The second-order valence-corrected chi connectivity index (χ2v) is 17.9. The van der Waals surface area contributed by atoms with Crippen LogP contribution in [0.25, 0.3) is 20.4 Å². The molecule has 4 aromatic heterocycles. The second kappa shape index (κ2) is 19.7. The van der Waals surface area contributed by atoms with Gasteiger partial charge in [-0.3, -0.25) is 9.59 Å². The van der Waals surface area contributed by atoms with Crippen molar-refractivity contribution >= 4 is 76.6 Å². The van der Waals surface area contributed by atoms with Crippen LogP contribution in [0.5, 0.6) is 23.3 Å². The van der Waals surface area contributed by atoms with Crippen LogP contribution in [0.15, 0.2) is 134 Å². The molecule has 2 aliphatic heterocycles. The number of nitrogens with one attached hydrogen (secondary N) is 2. The van der Waals surface area contributed by atoms with E-state index >= 15 is 0 Å². The number of likely N-dealkylation sites (tertiary alicyclic amines) is 2. The van der Waals surface area contributed by atoms with E-state index in [9.17, 15) is 9.59 Å². The van der Waals surface area contributed by atoms with Gasteiger partial charge in [-0.2, -0.15) is 0 Å². The Bertz CT molecular complexity index is 2610. The Morgan fingerprint density at radius 2 is 0.984 bits per heavy atom. The first-order chi connectivity index (χ1) is 31.3. The fourth-order valence-corrected chi connectivity index (χ4v) is 9.94. The first-order valence-electron chi connectivity index (χ1n) is 21.5. The van der Waals surface area contributed by atoms with E-state index in [1.165, 1.54) is 0 Å². The van der Waals surface area contributed by atoms with Gasteiger partial charge in [-0.15, -0.1) is 0 Å². The summed E-state index contributed by atoms with van der Waals surface area (Å²) < 4.78 is 14.6. The number of carbonyl (C=O) groups is 2. The summed E-state index contributed by atoms with van der Waals surface area (Å²) in [5.74, 6) is 3.37. The number of fused-ring (bicyclic) bond motifs is 2. The number of thiazole rings is 2. The van der Waals surface area contributed by atoms with Crippen molar-refractivity contribution in [3.8, 4) is 23.3 Å². The topological polar surface area (TPSA) is 135 Å². The van der Waals surface area contributed by atoms with Gasteiger partial charge in [0.2, 0.25) is 23.6 Å². The highest BCUT2D eigenvalue weighted by Gasteiger charge is 2.27. The third-order valence-electron chi connectivity index (χ3n) is 11.4. The van der Waals surface area contributed by atoms with E-state index in [4.69, 9.17) is 9.47 Å². The van der Waals surface area contributed by atoms with Crippen LogP contribution in [0.3, 0.4) is 0 Å². The van der Waals surface area contributed by atoms with Crippen molar-refractivity contribution < 1.29 is 19.1 Å². The molecule has 2 aliphatic rings. The van der Waals surface area contributed by atoms with Crippen molar-refractivity contribution in [1.29, 1.82) is 0 Å². The van der Waals surface area contributed by atoms with Crippen LogP contribution in [0.1, 0.15) is 62.5 Å². The molecule has 2 saturated heterocycles. The number of para-hydroxylation sites is 2. The molecule has 2 fully saturated rings. The Balaban J connectivity index is 0.000000162. The number of benzene rings is 4. The normalized spacial score (nSPS) is 16.2. The smallest absolute Gasteiger partial charge is 0.222 e. The number of aromatic nitrogens is 4. The summed E-state index contributed by atoms with van der Waals surface area (Å²) in [7, 11) is 0. The molecule has 6 heterocycles. The maximum Gasteiger partial charge on any atom is 0.222 e. The Morgan fingerprint density at radius 1 is 0.562 bits per heavy atom. The molecule has 0 saturated carbocycles. The van der Waals surface area contributed by atoms with Crippen LogP contribution in [0.4, 0.5) is 21.6 Å². The highest BCUT2D eigenvalue weighted by molar-refractivity contribution is 7.22. The number of anilines is 4. The molecule has 2 N–H and O–H groups in total. The van der Waals surface area contributed by atoms with Crippen LogP contribution in [0.2, 0.25) is 0 Å². The molecule has 12 nitrogen and oxygen atoms in total. The summed E-state index contributed by atoms with van der Waals surface area (Å²) in [5.41, 5.74) is 5.98. The standard InChI is InChI=1S/2C25H24N4O2S/c2*1-17(30)29-15-5-6-18(16-29)21-7-4-14-26-24(21)31-20-12-10-19(11-13-20)27-25-28-22-8-2-3-9-23(22)32-25/h2*2-4,7-14,18H,5-6,15-16H2,1H3,(H,27,28). The quantitative estimate of drug-likeness (QED) is 0.137. The number of rotatable bonds is 10. The number of nitrogens with zero attached hydrogens (tertiary/aromatic N) is 6. The predicted molar refractivity (Wildman–Crippen MR) is 256 cm³/mol. The predicted octanol–water partition coefficient (Wildman–Crippen LogP) is 11.9. The molecule has 14 heteroatoms. The average molecular weight is 889 g/mol. The zero-order valence-electron chi connectivity index (χ0n) is 35.6. The molecular weight excluding hydrogens is 841 g/mol. The number of hydrogen-bond donors (Lipinski definition) is 2. The van der Waals surface area contributed by atoms with Crippen molar-refractivity contribution in [2.45, 2.75) is 51.4 Å². The Hall–Kier alpha value is -6.90. The Morgan fingerprint density at radius 3 is 1.39 bits per heavy atom. The van der Waals surface area contributed by atoms with Gasteiger partial charge in [-0.05, 0) is 111 Å². The number of ether oxygens (including phenoxy) is 2. The number of piperidine rings is 2. The minimum absolute atomic E-state index is 0.122. The molecule has 324 valence electrons. The summed E-state index contributed by atoms with van der Waals surface area (Å²) in [6.45, 7) is 6.33. The first-order valence-corrected chi connectivity index (χ1v) is 23.2. The minimum atomic E-state index is 0.122. The fraction of sp³-hybridized carbons (Fsp3) is 0.240. The average Bonchev–Trinajstić information content (AvgIpc) is 3.94. The van der Waals surface area contributed by atoms with Gasteiger partial charge in [0.25, 0.3) is 0 Å². The van der Waals surface area contributed by atoms with Crippen molar-refractivity contribution in [2.24, 2.45) is 0 Å². The highest BCUT2D eigenvalue weighted by atomic mass is 32.1. The minimum Gasteiger partial charge on any atom is -0.439 e. The van der Waals surface area contributed by atoms with E-state index < -0.39 is 0 Å². The molecular formula is C50H48N8O4S2. The van der Waals surface area contributed by atoms with E-state index in [1.807, 2.05) is 107 Å². The third-order valence-corrected chi connectivity index (χ3v) is 13.3. The molecule has 0 spiro atoms. The summed E-state index contributed by atoms with van der Waals surface area (Å²) in [6.07, 6.45) is 7.52. The fourth-order valence-electron chi connectivity index (χ4n) is 8.17. The molecule has 64 heavy (non-hydrogen) atoms. The number of carbonyl (C=O) groups excluding carboxylic acids is 2. The van der Waals surface area contributed by atoms with Crippen molar-refractivity contribution in [3.05, 3.63) is 145 Å². The van der Waals surface area contributed by atoms with E-state index in [1.54, 1.807) is 48.9 Å². The van der Waals surface area contributed by atoms with Gasteiger partial charge < -0.3 is 29.9 Å². The van der Waals surface area contributed by atoms with Crippen molar-refractivity contribution in [2.75, 3.05) is 36.8 Å². The van der Waals surface area contributed by atoms with Crippen LogP contribution < -0.4 is 20.1 Å². The van der Waals surface area contributed by atoms with Gasteiger partial charge in [-0.1, -0.05) is 59.1 Å². The zero-order valence-corrected chi connectivity index (χ0v) is 37.3. The third kappa shape index (κ3) is 10.3. The van der Waals surface area contributed by atoms with Gasteiger partial charge in [0.1, 0.15) is 11.5 Å². The second-order valence-electron chi connectivity index (χ2n) is 15.9. The number of amides is 2. The van der Waals surface area contributed by atoms with Crippen molar-refractivity contribution in [1.82, 2.24) is 29.7 Å². The van der Waals surface area contributed by atoms with Crippen LogP contribution in [0, 0.1) is 0 Å². The molecule has 0 aliphatic carbocycles. The summed E-state index contributed by atoms with van der Waals surface area (Å²) in [6, 6.07) is 39.8. The molecule has 0 bridgehead atoms. The molecule has 0 radical (unpaired) electrons. The molecule has 2 amide bonds. The molecule has 4 aromatic carbocycles. The Labute approximate surface area is 380 Å². The lowest BCUT2D eigenvalue weighted by atomic mass is 9.91. The van der Waals surface area contributed by atoms with Gasteiger partial charge in [0, 0.05) is 86.8 Å². The van der Waals surface area contributed by atoms with Crippen LogP contribution >= 0.6 is 22.7 Å². The number of pyridine rings is 2. The van der Waals surface area contributed by atoms with Crippen LogP contribution in [-0.2, 0) is 9.59 Å². The lowest BCUT2D eigenvalue weighted by Gasteiger charge is -2.32. The summed E-state index contributed by atoms with van der Waals surface area (Å²) in [4.78, 5) is 45.7. The SMILES string of the molecule is CC(=O)N1CCCC(c2cccnc2Oc2ccc(Nc3nc4ccccc4s3)cc2)C1.CC(=O)N1CCCC(c2cccnc2Oc2ccc(Nc3nc4ccccc4s3)cc2)C1. The van der Waals surface area contributed by atoms with Gasteiger partial charge in [0.15, 0.2) is 10.3 Å². The summed E-state index contributed by atoms with van der Waals surface area (Å²) in [5, 5.41) is 8.44. The highest BCUT2D eigenvalue weighted by Crippen LogP contribution is 2.37. The van der Waals surface area contributed by atoms with E-state index in [0.29, 0.717) is 24.8 Å². The lowest BCUT2D eigenvalue weighted by molar-refractivity contribution is -0.130. The maximum atomic E-state index is 11.8. The largest absolute Gasteiger partial charge is 0.439 e. The number of hydrogen-bond acceptors (Lipinski definition) is 12. The summed E-state index contributed by atoms with van der Waals surface area (Å²) >= 11 is 3.25. The molecule has 2 atom stereocenters. The molecule has 8 aromatic rings. The lowest BCUT2D eigenvalue weighted by Crippen LogP contribution is -2.37. The monoisotopic (exact) mass is 888 g/mol. The zero-order chi connectivity index (χ0) is 43.8. The van der Waals surface area contributed by atoms with Crippen LogP contribution in [-0.4, -0.2) is 67.7 Å². The van der Waals surface area contributed by atoms with E-state index in [0.717, 1.165) is 103 Å². The maximum absolute atomic E-state index is 11.8. The Kier molecular flexibility index (Phi) is 13.0. The first kappa shape index (κ1) is 42.4. The van der Waals surface area contributed by atoms with E-state index in [-0.39, 0.29) is 23.7 Å². The van der Waals surface area contributed by atoms with Crippen molar-refractivity contribution in [3.63, 3.8) is 0 Å². The molecule has 2 unspecified atom stereocenters. The van der Waals surface area contributed by atoms with Gasteiger partial charge in [-0.25, -0.2) is 19.9 Å². The van der Waals surface area contributed by atoms with Gasteiger partial charge in [0.05, 0.1) is 20.4 Å².